The summed E-state index contributed by atoms with van der Waals surface area (Å²) in [6.07, 6.45) is 1.43. The van der Waals surface area contributed by atoms with Gasteiger partial charge in [0.1, 0.15) is 0 Å². The Kier molecular flexibility index (Phi) is 10.9. The van der Waals surface area contributed by atoms with Crippen molar-refractivity contribution in [2.24, 2.45) is 5.10 Å². The van der Waals surface area contributed by atoms with Gasteiger partial charge in [-0.3, -0.25) is 4.79 Å². The molecule has 0 bridgehead atoms. The van der Waals surface area contributed by atoms with Crippen molar-refractivity contribution in [2.45, 2.75) is 27.2 Å². The number of nitrogens with zero attached hydrogens (tertiary/aromatic N) is 3. The van der Waals surface area contributed by atoms with Crippen LogP contribution < -0.4 is 9.47 Å². The molecule has 0 aromatic heterocycles. The monoisotopic (exact) mass is 449 g/mol. The fraction of sp³-hybridized carbons (Fsp3) is 0.455. The van der Waals surface area contributed by atoms with Crippen molar-refractivity contribution in [1.29, 1.82) is 0 Å². The quantitative estimate of drug-likeness (QED) is 0.547. The Hall–Kier alpha value is -3.40. The van der Waals surface area contributed by atoms with Gasteiger partial charge in [0.25, 0.3) is 0 Å². The number of methoxy groups -OCH3 is 2. The highest BCUT2D eigenvalue weighted by atomic mass is 16.5. The molecule has 0 radical (unpaired) electrons. The summed E-state index contributed by atoms with van der Waals surface area (Å²) < 4.78 is 10.7. The average molecular weight is 450 g/mol. The fourth-order valence-corrected chi connectivity index (χ4v) is 3.04. The number of ether oxygens (including phenoxy) is 2. The maximum Gasteiger partial charge on any atom is 0.328 e. The molecule has 2 rings (SSSR count). The molecule has 1 heterocycles. The van der Waals surface area contributed by atoms with Crippen LogP contribution in [-0.4, -0.2) is 84.1 Å². The molecule has 1 aliphatic rings. The highest BCUT2D eigenvalue weighted by Crippen LogP contribution is 2.32. The summed E-state index contributed by atoms with van der Waals surface area (Å²) in [4.78, 5) is 34.0. The molecule has 1 aromatic carbocycles. The second kappa shape index (κ2) is 13.1. The summed E-state index contributed by atoms with van der Waals surface area (Å²) in [6.45, 7) is 9.52. The van der Waals surface area contributed by atoms with Gasteiger partial charge in [-0.05, 0) is 37.7 Å². The van der Waals surface area contributed by atoms with E-state index in [2.05, 4.69) is 23.8 Å². The van der Waals surface area contributed by atoms with E-state index in [9.17, 15) is 14.4 Å². The van der Waals surface area contributed by atoms with E-state index in [1.807, 2.05) is 19.1 Å². The highest BCUT2D eigenvalue weighted by molar-refractivity contribution is 6.03. The summed E-state index contributed by atoms with van der Waals surface area (Å²) in [7, 11) is 3.20. The first-order valence-electron chi connectivity index (χ1n) is 10.1. The third-order valence-corrected chi connectivity index (χ3v) is 4.79. The summed E-state index contributed by atoms with van der Waals surface area (Å²) in [5.41, 5.74) is 2.67. The molecule has 1 aromatic rings. The van der Waals surface area contributed by atoms with Crippen LogP contribution in [0.25, 0.3) is 0 Å². The lowest BCUT2D eigenvalue weighted by atomic mass is 10.00. The molecule has 0 aliphatic carbocycles. The standard InChI is InChI=1S/C18H27N3O3.C4H4O4/c1-6-20(7-2)8-9-21-18(22)11-14-10-16(23-4)17(24-5)12-15(14)13(3)19-21;5-3(6)1-2-4(7)8/h10,12H,6-9,11H2,1-5H3;1-2H,(H,5,6)(H,7,8)/b;2-1-. The van der Waals surface area contributed by atoms with Crippen LogP contribution in [0, 0.1) is 0 Å². The minimum absolute atomic E-state index is 0.00692. The van der Waals surface area contributed by atoms with Crippen LogP contribution in [0.1, 0.15) is 31.9 Å². The molecular formula is C22H31N3O7. The van der Waals surface area contributed by atoms with E-state index in [4.69, 9.17) is 19.7 Å². The molecule has 10 heteroatoms. The molecule has 0 saturated carbocycles. The molecule has 10 nitrogen and oxygen atoms in total. The van der Waals surface area contributed by atoms with Crippen LogP contribution >= 0.6 is 0 Å². The van der Waals surface area contributed by atoms with Gasteiger partial charge in [0.15, 0.2) is 11.5 Å². The van der Waals surface area contributed by atoms with E-state index in [0.29, 0.717) is 36.6 Å². The van der Waals surface area contributed by atoms with E-state index in [-0.39, 0.29) is 5.91 Å². The van der Waals surface area contributed by atoms with Gasteiger partial charge in [-0.25, -0.2) is 14.6 Å². The number of hydrogen-bond donors (Lipinski definition) is 2. The summed E-state index contributed by atoms with van der Waals surface area (Å²) in [5, 5.41) is 21.8. The minimum Gasteiger partial charge on any atom is -0.493 e. The van der Waals surface area contributed by atoms with Crippen LogP contribution in [0.3, 0.4) is 0 Å². The molecule has 2 N–H and O–H groups in total. The normalized spacial score (nSPS) is 13.1. The molecule has 1 amide bonds. The van der Waals surface area contributed by atoms with E-state index in [1.165, 1.54) is 0 Å². The molecule has 0 atom stereocenters. The first-order chi connectivity index (χ1) is 15.2. The van der Waals surface area contributed by atoms with Gasteiger partial charge in [-0.15, -0.1) is 0 Å². The number of amides is 1. The predicted molar refractivity (Wildman–Crippen MR) is 119 cm³/mol. The highest BCUT2D eigenvalue weighted by Gasteiger charge is 2.23. The predicted octanol–water partition coefficient (Wildman–Crippen LogP) is 1.87. The van der Waals surface area contributed by atoms with E-state index in [0.717, 1.165) is 36.5 Å². The minimum atomic E-state index is -1.26. The van der Waals surface area contributed by atoms with Gasteiger partial charge in [-0.1, -0.05) is 13.8 Å². The number of carbonyl (C=O) groups is 3. The van der Waals surface area contributed by atoms with E-state index >= 15 is 0 Å². The molecule has 0 spiro atoms. The average Bonchev–Trinajstić information content (AvgIpc) is 2.88. The first-order valence-corrected chi connectivity index (χ1v) is 10.1. The molecule has 1 aliphatic heterocycles. The number of carboxylic acid groups (broad SMARTS) is 2. The topological polar surface area (TPSA) is 129 Å². The van der Waals surface area contributed by atoms with Crippen molar-refractivity contribution in [1.82, 2.24) is 9.91 Å². The number of hydrogen-bond acceptors (Lipinski definition) is 7. The fourth-order valence-electron chi connectivity index (χ4n) is 3.04. The number of carbonyl (C=O) groups excluding carboxylic acids is 1. The number of rotatable bonds is 9. The zero-order chi connectivity index (χ0) is 24.3. The van der Waals surface area contributed by atoms with Crippen LogP contribution in [0.4, 0.5) is 0 Å². The van der Waals surface area contributed by atoms with Crippen LogP contribution in [0.2, 0.25) is 0 Å². The van der Waals surface area contributed by atoms with E-state index < -0.39 is 11.9 Å². The van der Waals surface area contributed by atoms with E-state index in [1.54, 1.807) is 19.2 Å². The molecule has 0 saturated heterocycles. The second-order valence-corrected chi connectivity index (χ2v) is 6.78. The van der Waals surface area contributed by atoms with Crippen molar-refractivity contribution < 1.29 is 34.1 Å². The Morgan fingerprint density at radius 2 is 1.62 bits per heavy atom. The van der Waals surface area contributed by atoms with Crippen molar-refractivity contribution >= 4 is 23.6 Å². The smallest absolute Gasteiger partial charge is 0.328 e. The zero-order valence-corrected chi connectivity index (χ0v) is 19.1. The number of carboxylic acids is 2. The number of hydrazone groups is 1. The lowest BCUT2D eigenvalue weighted by molar-refractivity contribution is -0.134. The third-order valence-electron chi connectivity index (χ3n) is 4.79. The summed E-state index contributed by atoms with van der Waals surface area (Å²) in [6, 6.07) is 3.77. The molecular weight excluding hydrogens is 418 g/mol. The molecule has 0 unspecified atom stereocenters. The summed E-state index contributed by atoms with van der Waals surface area (Å²) in [5.74, 6) is -1.23. The first kappa shape index (κ1) is 26.6. The van der Waals surface area contributed by atoms with Gasteiger partial charge in [0.05, 0.1) is 32.9 Å². The third kappa shape index (κ3) is 8.03. The number of aliphatic carboxylic acids is 2. The summed E-state index contributed by atoms with van der Waals surface area (Å²) >= 11 is 0. The van der Waals surface area contributed by atoms with Crippen molar-refractivity contribution in [2.75, 3.05) is 40.4 Å². The van der Waals surface area contributed by atoms with Gasteiger partial charge in [0, 0.05) is 24.3 Å². The Labute approximate surface area is 187 Å². The Bertz CT molecular complexity index is 861. The Morgan fingerprint density at radius 1 is 1.09 bits per heavy atom. The van der Waals surface area contributed by atoms with Gasteiger partial charge >= 0.3 is 11.9 Å². The molecule has 32 heavy (non-hydrogen) atoms. The maximum absolute atomic E-state index is 12.6. The van der Waals surface area contributed by atoms with Gasteiger partial charge in [0.2, 0.25) is 5.91 Å². The largest absolute Gasteiger partial charge is 0.493 e. The van der Waals surface area contributed by atoms with Crippen LogP contribution in [-0.2, 0) is 20.8 Å². The van der Waals surface area contributed by atoms with Crippen molar-refractivity contribution in [3.63, 3.8) is 0 Å². The SMILES string of the molecule is CCN(CC)CCN1N=C(C)c2cc(OC)c(OC)cc2CC1=O.O=C(O)/C=C\C(=O)O. The maximum atomic E-state index is 12.6. The van der Waals surface area contributed by atoms with Crippen molar-refractivity contribution in [3.05, 3.63) is 35.4 Å². The van der Waals surface area contributed by atoms with Crippen LogP contribution in [0.5, 0.6) is 11.5 Å². The van der Waals surface area contributed by atoms with Crippen molar-refractivity contribution in [3.8, 4) is 11.5 Å². The second-order valence-electron chi connectivity index (χ2n) is 6.78. The number of fused-ring (bicyclic) bond motifs is 1. The van der Waals surface area contributed by atoms with Gasteiger partial charge < -0.3 is 24.6 Å². The molecule has 0 fully saturated rings. The van der Waals surface area contributed by atoms with Gasteiger partial charge in [-0.2, -0.15) is 5.10 Å². The lowest BCUT2D eigenvalue weighted by Crippen LogP contribution is -2.36. The zero-order valence-electron chi connectivity index (χ0n) is 19.1. The Balaban J connectivity index is 0.000000547. The molecule has 176 valence electrons. The number of likely N-dealkylation sites (N-methyl/N-ethyl adjacent to an activating group) is 1. The number of benzene rings is 1. The lowest BCUT2D eigenvalue weighted by Gasteiger charge is -2.22. The Morgan fingerprint density at radius 3 is 2.09 bits per heavy atom. The van der Waals surface area contributed by atoms with Crippen LogP contribution in [0.15, 0.2) is 29.4 Å².